The van der Waals surface area contributed by atoms with Crippen LogP contribution in [-0.4, -0.2) is 35.0 Å². The van der Waals surface area contributed by atoms with Gasteiger partial charge in [-0.05, 0) is 0 Å². The first-order valence-corrected chi connectivity index (χ1v) is 5.06. The summed E-state index contributed by atoms with van der Waals surface area (Å²) in [6.07, 6.45) is 1.33. The van der Waals surface area contributed by atoms with E-state index in [1.54, 1.807) is 0 Å². The lowest BCUT2D eigenvalue weighted by atomic mass is 10.4. The van der Waals surface area contributed by atoms with Gasteiger partial charge in [-0.3, -0.25) is 4.79 Å². The zero-order chi connectivity index (χ0) is 10.4. The van der Waals surface area contributed by atoms with Gasteiger partial charge in [0.1, 0.15) is 6.04 Å². The van der Waals surface area contributed by atoms with Crippen molar-refractivity contribution in [3.05, 3.63) is 12.2 Å². The fraction of sp³-hybridized carbons (Fsp3) is 0.571. The van der Waals surface area contributed by atoms with Gasteiger partial charge in [0.25, 0.3) is 0 Å². The molecule has 0 amide bonds. The van der Waals surface area contributed by atoms with Crippen molar-refractivity contribution >= 4 is 17.7 Å². The van der Waals surface area contributed by atoms with E-state index >= 15 is 0 Å². The Morgan fingerprint density at radius 2 is 2.64 bits per heavy atom. The maximum Gasteiger partial charge on any atom is 0.323 e. The van der Waals surface area contributed by atoms with Crippen LogP contribution >= 0.6 is 11.8 Å². The van der Waals surface area contributed by atoms with Crippen LogP contribution in [-0.2, 0) is 15.3 Å². The van der Waals surface area contributed by atoms with Crippen LogP contribution < -0.4 is 5.73 Å². The molecule has 1 aromatic heterocycles. The number of ether oxygens (including phenoxy) is 1. The van der Waals surface area contributed by atoms with E-state index in [4.69, 9.17) is 10.3 Å². The van der Waals surface area contributed by atoms with E-state index < -0.39 is 12.0 Å². The number of methoxy groups -OCH3 is 1. The van der Waals surface area contributed by atoms with Gasteiger partial charge in [0.05, 0.1) is 12.9 Å². The fourth-order valence-corrected chi connectivity index (χ4v) is 1.56. The minimum absolute atomic E-state index is 0.414. The van der Waals surface area contributed by atoms with Gasteiger partial charge in [0.15, 0.2) is 6.33 Å². The van der Waals surface area contributed by atoms with Gasteiger partial charge in [-0.15, -0.1) is 11.8 Å². The summed E-state index contributed by atoms with van der Waals surface area (Å²) in [5, 5.41) is 3.45. The van der Waals surface area contributed by atoms with E-state index in [1.165, 1.54) is 25.2 Å². The molecule has 2 N–H and O–H groups in total. The molecule has 1 aromatic rings. The highest BCUT2D eigenvalue weighted by atomic mass is 32.2. The number of carbonyl (C=O) groups is 1. The lowest BCUT2D eigenvalue weighted by molar-refractivity contribution is -0.141. The summed E-state index contributed by atoms with van der Waals surface area (Å²) >= 11 is 1.44. The van der Waals surface area contributed by atoms with Crippen molar-refractivity contribution in [2.24, 2.45) is 5.73 Å². The molecule has 78 valence electrons. The van der Waals surface area contributed by atoms with Crippen LogP contribution in [0.3, 0.4) is 0 Å². The maximum absolute atomic E-state index is 10.9. The molecule has 1 atom stereocenters. The van der Waals surface area contributed by atoms with Crippen LogP contribution in [0.4, 0.5) is 0 Å². The van der Waals surface area contributed by atoms with Crippen LogP contribution in [0.2, 0.25) is 0 Å². The number of rotatable bonds is 5. The Labute approximate surface area is 85.2 Å². The van der Waals surface area contributed by atoms with Gasteiger partial charge in [-0.25, -0.2) is 0 Å². The second-order valence-electron chi connectivity index (χ2n) is 2.48. The monoisotopic (exact) mass is 217 g/mol. The molecule has 0 aliphatic rings. The number of hydrogen-bond donors (Lipinski definition) is 1. The van der Waals surface area contributed by atoms with Crippen molar-refractivity contribution < 1.29 is 14.1 Å². The van der Waals surface area contributed by atoms with E-state index in [2.05, 4.69) is 14.9 Å². The van der Waals surface area contributed by atoms with Gasteiger partial charge < -0.3 is 15.0 Å². The Hall–Kier alpha value is -1.08. The molecule has 1 heterocycles. The van der Waals surface area contributed by atoms with Gasteiger partial charge in [0.2, 0.25) is 5.89 Å². The molecule has 1 unspecified atom stereocenters. The van der Waals surface area contributed by atoms with Gasteiger partial charge in [0, 0.05) is 5.75 Å². The average Bonchev–Trinajstić information content (AvgIpc) is 2.69. The van der Waals surface area contributed by atoms with Crippen LogP contribution in [0.5, 0.6) is 0 Å². The summed E-state index contributed by atoms with van der Waals surface area (Å²) in [6, 6.07) is -0.604. The number of thioether (sulfide) groups is 1. The Bertz CT molecular complexity index is 278. The molecule has 6 nitrogen and oxygen atoms in total. The van der Waals surface area contributed by atoms with E-state index in [9.17, 15) is 4.79 Å². The molecule has 0 aromatic carbocycles. The summed E-state index contributed by atoms with van der Waals surface area (Å²) in [5.41, 5.74) is 5.51. The van der Waals surface area contributed by atoms with E-state index in [0.717, 1.165) is 0 Å². The van der Waals surface area contributed by atoms with Crippen LogP contribution in [0.1, 0.15) is 5.89 Å². The molecular weight excluding hydrogens is 206 g/mol. The molecule has 0 aliphatic heterocycles. The second kappa shape index (κ2) is 5.61. The molecule has 0 spiro atoms. The summed E-state index contributed by atoms with van der Waals surface area (Å²) in [7, 11) is 1.31. The predicted molar refractivity (Wildman–Crippen MR) is 50.5 cm³/mol. The lowest BCUT2D eigenvalue weighted by Crippen LogP contribution is -2.33. The smallest absolute Gasteiger partial charge is 0.323 e. The Morgan fingerprint density at radius 1 is 1.86 bits per heavy atom. The molecule has 0 aliphatic carbocycles. The first-order valence-electron chi connectivity index (χ1n) is 3.90. The molecule has 0 saturated heterocycles. The van der Waals surface area contributed by atoms with Crippen molar-refractivity contribution in [2.75, 3.05) is 12.9 Å². The Balaban J connectivity index is 2.18. The Kier molecular flexibility index (Phi) is 4.41. The maximum atomic E-state index is 10.9. The quantitative estimate of drug-likeness (QED) is 0.683. The molecule has 0 radical (unpaired) electrons. The second-order valence-corrected chi connectivity index (χ2v) is 3.51. The topological polar surface area (TPSA) is 91.2 Å². The first kappa shape index (κ1) is 11.0. The van der Waals surface area contributed by atoms with Crippen LogP contribution in [0, 0.1) is 0 Å². The molecule has 0 saturated carbocycles. The highest BCUT2D eigenvalue weighted by molar-refractivity contribution is 7.98. The number of nitrogens with zero attached hydrogens (tertiary/aromatic N) is 2. The summed E-state index contributed by atoms with van der Waals surface area (Å²) in [6.45, 7) is 0. The van der Waals surface area contributed by atoms with Crippen molar-refractivity contribution in [3.63, 3.8) is 0 Å². The fourth-order valence-electron chi connectivity index (χ4n) is 0.752. The number of carbonyl (C=O) groups excluding carboxylic acids is 1. The summed E-state index contributed by atoms with van der Waals surface area (Å²) in [4.78, 5) is 14.7. The number of nitrogens with two attached hydrogens (primary N) is 1. The molecule has 14 heavy (non-hydrogen) atoms. The largest absolute Gasteiger partial charge is 0.468 e. The third-order valence-corrected chi connectivity index (χ3v) is 2.48. The average molecular weight is 217 g/mol. The third-order valence-electron chi connectivity index (χ3n) is 1.43. The number of hydrogen-bond acceptors (Lipinski definition) is 7. The minimum Gasteiger partial charge on any atom is -0.468 e. The lowest BCUT2D eigenvalue weighted by Gasteiger charge is -2.06. The highest BCUT2D eigenvalue weighted by Gasteiger charge is 2.13. The Morgan fingerprint density at radius 3 is 3.21 bits per heavy atom. The molecule has 7 heteroatoms. The predicted octanol–water partition coefficient (Wildman–Crippen LogP) is -0.197. The standard InChI is InChI=1S/C7H11N3O3S/c1-12-7(11)5(8)2-14-3-6-9-4-10-13-6/h4-5H,2-3,8H2,1H3. The van der Waals surface area contributed by atoms with E-state index in [-0.39, 0.29) is 0 Å². The van der Waals surface area contributed by atoms with Gasteiger partial charge in [-0.2, -0.15) is 4.98 Å². The van der Waals surface area contributed by atoms with Crippen molar-refractivity contribution in [1.82, 2.24) is 10.1 Å². The SMILES string of the molecule is COC(=O)C(N)CSCc1ncno1. The number of aromatic nitrogens is 2. The van der Waals surface area contributed by atoms with E-state index in [1.807, 2.05) is 0 Å². The van der Waals surface area contributed by atoms with Crippen LogP contribution in [0.25, 0.3) is 0 Å². The summed E-state index contributed by atoms with van der Waals surface area (Å²) in [5.74, 6) is 1.12. The first-order chi connectivity index (χ1) is 6.74. The highest BCUT2D eigenvalue weighted by Crippen LogP contribution is 2.09. The zero-order valence-electron chi connectivity index (χ0n) is 7.67. The zero-order valence-corrected chi connectivity index (χ0v) is 8.49. The molecule has 0 fully saturated rings. The van der Waals surface area contributed by atoms with Crippen molar-refractivity contribution in [2.45, 2.75) is 11.8 Å². The van der Waals surface area contributed by atoms with Crippen molar-refractivity contribution in [3.8, 4) is 0 Å². The van der Waals surface area contributed by atoms with Crippen molar-refractivity contribution in [1.29, 1.82) is 0 Å². The molecular formula is C7H11N3O3S. The minimum atomic E-state index is -0.604. The molecule has 1 rings (SSSR count). The van der Waals surface area contributed by atoms with Gasteiger partial charge >= 0.3 is 5.97 Å². The summed E-state index contributed by atoms with van der Waals surface area (Å²) < 4.78 is 9.23. The third kappa shape index (κ3) is 3.35. The molecule has 0 bridgehead atoms. The van der Waals surface area contributed by atoms with Gasteiger partial charge in [-0.1, -0.05) is 5.16 Å². The van der Waals surface area contributed by atoms with Crippen LogP contribution in [0.15, 0.2) is 10.9 Å². The van der Waals surface area contributed by atoms with E-state index in [0.29, 0.717) is 17.4 Å². The normalized spacial score (nSPS) is 12.4. The number of esters is 1.